The van der Waals surface area contributed by atoms with Gasteiger partial charge in [0.25, 0.3) is 0 Å². The van der Waals surface area contributed by atoms with Gasteiger partial charge in [-0.05, 0) is 18.7 Å². The monoisotopic (exact) mass is 258 g/mol. The summed E-state index contributed by atoms with van der Waals surface area (Å²) in [4.78, 5) is 6.11. The Morgan fingerprint density at radius 2 is 2.43 bits per heavy atom. The molecule has 0 aliphatic heterocycles. The highest BCUT2D eigenvalue weighted by Crippen LogP contribution is 2.02. The molecule has 1 heterocycles. The third-order valence-electron chi connectivity index (χ3n) is 1.88. The summed E-state index contributed by atoms with van der Waals surface area (Å²) in [6.07, 6.45) is 3.30. The Kier molecular flexibility index (Phi) is 5.07. The molecule has 0 saturated heterocycles. The minimum Gasteiger partial charge on any atom is -0.391 e. The van der Waals surface area contributed by atoms with Crippen molar-refractivity contribution < 1.29 is 5.11 Å². The van der Waals surface area contributed by atoms with E-state index in [1.54, 1.807) is 6.20 Å². The number of hydrogen-bond donors (Lipinski definition) is 1. The number of rotatable bonds is 5. The average Bonchev–Trinajstić information content (AvgIpc) is 2.19. The predicted molar refractivity (Wildman–Crippen MR) is 60.4 cm³/mol. The second-order valence-corrected chi connectivity index (χ2v) is 4.01. The maximum absolute atomic E-state index is 9.40. The Hall–Kier alpha value is -0.450. The van der Waals surface area contributed by atoms with E-state index in [0.29, 0.717) is 11.9 Å². The highest BCUT2D eigenvalue weighted by Gasteiger charge is 2.06. The van der Waals surface area contributed by atoms with E-state index >= 15 is 0 Å². The smallest absolute Gasteiger partial charge is 0.0763 e. The molecule has 1 N–H and O–H groups in total. The summed E-state index contributed by atoms with van der Waals surface area (Å²) in [6.45, 7) is 1.48. The van der Waals surface area contributed by atoms with Gasteiger partial charge in [0.1, 0.15) is 0 Å². The fourth-order valence-corrected chi connectivity index (χ4v) is 1.48. The van der Waals surface area contributed by atoms with Gasteiger partial charge in [-0.15, -0.1) is 0 Å². The molecule has 1 aromatic heterocycles. The van der Waals surface area contributed by atoms with Crippen LogP contribution in [0.25, 0.3) is 0 Å². The van der Waals surface area contributed by atoms with Crippen LogP contribution in [-0.4, -0.2) is 40.0 Å². The van der Waals surface area contributed by atoms with E-state index in [1.165, 1.54) is 0 Å². The second-order valence-electron chi connectivity index (χ2n) is 3.37. The highest BCUT2D eigenvalue weighted by molar-refractivity contribution is 9.09. The Balaban J connectivity index is 2.37. The van der Waals surface area contributed by atoms with Crippen molar-refractivity contribution in [2.45, 2.75) is 12.6 Å². The first-order valence-electron chi connectivity index (χ1n) is 4.54. The normalized spacial score (nSPS) is 13.1. The summed E-state index contributed by atoms with van der Waals surface area (Å²) in [5.41, 5.74) is 1.16. The van der Waals surface area contributed by atoms with Gasteiger partial charge in [0.2, 0.25) is 0 Å². The molecular formula is C10H15BrN2O. The summed E-state index contributed by atoms with van der Waals surface area (Å²) in [5.74, 6) is 0. The van der Waals surface area contributed by atoms with Gasteiger partial charge in [-0.2, -0.15) is 0 Å². The van der Waals surface area contributed by atoms with Crippen LogP contribution in [0.3, 0.4) is 0 Å². The van der Waals surface area contributed by atoms with Crippen LogP contribution < -0.4 is 0 Å². The maximum atomic E-state index is 9.40. The van der Waals surface area contributed by atoms with Gasteiger partial charge in [-0.3, -0.25) is 9.88 Å². The molecule has 4 heteroatoms. The van der Waals surface area contributed by atoms with Gasteiger partial charge in [-0.1, -0.05) is 22.0 Å². The number of pyridine rings is 1. The van der Waals surface area contributed by atoms with Crippen molar-refractivity contribution in [3.8, 4) is 0 Å². The SMILES string of the molecule is CN(Cc1cccnc1)CC(O)CBr. The van der Waals surface area contributed by atoms with Crippen LogP contribution in [0, 0.1) is 0 Å². The number of halogens is 1. The van der Waals surface area contributed by atoms with Crippen molar-refractivity contribution >= 4 is 15.9 Å². The Bertz CT molecular complexity index is 256. The number of hydrogen-bond acceptors (Lipinski definition) is 3. The van der Waals surface area contributed by atoms with E-state index in [4.69, 9.17) is 0 Å². The van der Waals surface area contributed by atoms with Gasteiger partial charge in [0.05, 0.1) is 6.10 Å². The number of aliphatic hydroxyl groups is 1. The van der Waals surface area contributed by atoms with Crippen LogP contribution >= 0.6 is 15.9 Å². The lowest BCUT2D eigenvalue weighted by molar-refractivity contribution is 0.143. The van der Waals surface area contributed by atoms with Crippen molar-refractivity contribution in [1.82, 2.24) is 9.88 Å². The zero-order valence-corrected chi connectivity index (χ0v) is 9.81. The molecule has 0 aliphatic carbocycles. The van der Waals surface area contributed by atoms with Gasteiger partial charge in [0, 0.05) is 30.8 Å². The molecule has 0 aromatic carbocycles. The van der Waals surface area contributed by atoms with Gasteiger partial charge >= 0.3 is 0 Å². The minimum atomic E-state index is -0.309. The minimum absolute atomic E-state index is 0.309. The fraction of sp³-hybridized carbons (Fsp3) is 0.500. The standard InChI is InChI=1S/C10H15BrN2O/c1-13(8-10(14)5-11)7-9-3-2-4-12-6-9/h2-4,6,10,14H,5,7-8H2,1H3. The van der Waals surface area contributed by atoms with Crippen LogP contribution in [0.4, 0.5) is 0 Å². The molecule has 0 bridgehead atoms. The lowest BCUT2D eigenvalue weighted by Gasteiger charge is -2.18. The van der Waals surface area contributed by atoms with Gasteiger partial charge < -0.3 is 5.11 Å². The fourth-order valence-electron chi connectivity index (χ4n) is 1.28. The number of aliphatic hydroxyl groups excluding tert-OH is 1. The topological polar surface area (TPSA) is 36.4 Å². The third-order valence-corrected chi connectivity index (χ3v) is 2.62. The molecular weight excluding hydrogens is 244 g/mol. The molecule has 78 valence electrons. The predicted octanol–water partition coefficient (Wildman–Crippen LogP) is 1.27. The van der Waals surface area contributed by atoms with E-state index in [0.717, 1.165) is 12.1 Å². The van der Waals surface area contributed by atoms with Crippen LogP contribution in [0.15, 0.2) is 24.5 Å². The van der Waals surface area contributed by atoms with E-state index in [2.05, 4.69) is 25.8 Å². The van der Waals surface area contributed by atoms with Crippen LogP contribution in [0.5, 0.6) is 0 Å². The quantitative estimate of drug-likeness (QED) is 0.809. The molecule has 0 amide bonds. The molecule has 0 spiro atoms. The Morgan fingerprint density at radius 1 is 1.64 bits per heavy atom. The maximum Gasteiger partial charge on any atom is 0.0763 e. The number of aromatic nitrogens is 1. The lowest BCUT2D eigenvalue weighted by Crippen LogP contribution is -2.29. The van der Waals surface area contributed by atoms with Crippen LogP contribution in [0.1, 0.15) is 5.56 Å². The van der Waals surface area contributed by atoms with E-state index in [1.807, 2.05) is 25.4 Å². The second kappa shape index (κ2) is 6.11. The Morgan fingerprint density at radius 3 is 3.00 bits per heavy atom. The summed E-state index contributed by atoms with van der Waals surface area (Å²) in [6, 6.07) is 3.95. The van der Waals surface area contributed by atoms with Crippen molar-refractivity contribution in [2.24, 2.45) is 0 Å². The van der Waals surface area contributed by atoms with Crippen LogP contribution in [-0.2, 0) is 6.54 Å². The zero-order chi connectivity index (χ0) is 10.4. The number of likely N-dealkylation sites (N-methyl/N-ethyl adjacent to an activating group) is 1. The first-order chi connectivity index (χ1) is 6.72. The molecule has 0 fully saturated rings. The first-order valence-corrected chi connectivity index (χ1v) is 5.66. The lowest BCUT2D eigenvalue weighted by atomic mass is 10.2. The van der Waals surface area contributed by atoms with Crippen LogP contribution in [0.2, 0.25) is 0 Å². The molecule has 0 saturated carbocycles. The molecule has 1 atom stereocenters. The third kappa shape index (κ3) is 4.17. The summed E-state index contributed by atoms with van der Waals surface area (Å²) < 4.78 is 0. The molecule has 0 radical (unpaired) electrons. The van der Waals surface area contributed by atoms with Crippen molar-refractivity contribution in [2.75, 3.05) is 18.9 Å². The molecule has 1 unspecified atom stereocenters. The zero-order valence-electron chi connectivity index (χ0n) is 8.23. The number of alkyl halides is 1. The van der Waals surface area contributed by atoms with Crippen molar-refractivity contribution in [3.05, 3.63) is 30.1 Å². The summed E-state index contributed by atoms with van der Waals surface area (Å²) >= 11 is 3.24. The average molecular weight is 259 g/mol. The van der Waals surface area contributed by atoms with E-state index in [9.17, 15) is 5.11 Å². The molecule has 1 aromatic rings. The van der Waals surface area contributed by atoms with Crippen molar-refractivity contribution in [3.63, 3.8) is 0 Å². The van der Waals surface area contributed by atoms with Gasteiger partial charge in [0.15, 0.2) is 0 Å². The first kappa shape index (κ1) is 11.6. The molecule has 1 rings (SSSR count). The largest absolute Gasteiger partial charge is 0.391 e. The molecule has 14 heavy (non-hydrogen) atoms. The van der Waals surface area contributed by atoms with E-state index < -0.39 is 0 Å². The highest BCUT2D eigenvalue weighted by atomic mass is 79.9. The van der Waals surface area contributed by atoms with E-state index in [-0.39, 0.29) is 6.10 Å². The van der Waals surface area contributed by atoms with Gasteiger partial charge in [-0.25, -0.2) is 0 Å². The summed E-state index contributed by atoms with van der Waals surface area (Å²) in [5, 5.41) is 10.0. The summed E-state index contributed by atoms with van der Waals surface area (Å²) in [7, 11) is 1.98. The Labute approximate surface area is 92.9 Å². The van der Waals surface area contributed by atoms with Crippen molar-refractivity contribution in [1.29, 1.82) is 0 Å². The number of nitrogens with zero attached hydrogens (tertiary/aromatic N) is 2. The molecule has 3 nitrogen and oxygen atoms in total. The molecule has 0 aliphatic rings.